The largest absolute Gasteiger partial charge is 0.375 e. The van der Waals surface area contributed by atoms with Crippen LogP contribution in [0.5, 0.6) is 0 Å². The Bertz CT molecular complexity index is 150. The first kappa shape index (κ1) is 10.7. The lowest BCUT2D eigenvalue weighted by molar-refractivity contribution is -0.00811. The van der Waals surface area contributed by atoms with Crippen LogP contribution in [0.15, 0.2) is 12.7 Å². The van der Waals surface area contributed by atoms with Crippen molar-refractivity contribution in [1.82, 2.24) is 5.32 Å². The molecule has 1 saturated heterocycles. The van der Waals surface area contributed by atoms with E-state index in [4.69, 9.17) is 4.74 Å². The van der Waals surface area contributed by atoms with E-state index in [1.54, 1.807) is 0 Å². The van der Waals surface area contributed by atoms with Gasteiger partial charge < -0.3 is 10.1 Å². The SMILES string of the molecule is C=CCCC1(CCNC)CCCO1. The third kappa shape index (κ3) is 3.12. The molecule has 76 valence electrons. The van der Waals surface area contributed by atoms with Gasteiger partial charge in [-0.3, -0.25) is 0 Å². The van der Waals surface area contributed by atoms with Crippen LogP contribution in [0, 0.1) is 0 Å². The lowest BCUT2D eigenvalue weighted by Crippen LogP contribution is -2.31. The van der Waals surface area contributed by atoms with Crippen LogP contribution in [0.4, 0.5) is 0 Å². The molecule has 0 aromatic carbocycles. The molecule has 1 aliphatic heterocycles. The lowest BCUT2D eigenvalue weighted by atomic mass is 9.90. The van der Waals surface area contributed by atoms with Crippen molar-refractivity contribution in [2.75, 3.05) is 20.2 Å². The maximum absolute atomic E-state index is 5.86. The zero-order valence-electron chi connectivity index (χ0n) is 8.64. The second-order valence-corrected chi connectivity index (χ2v) is 3.82. The van der Waals surface area contributed by atoms with Crippen molar-refractivity contribution in [2.45, 2.75) is 37.7 Å². The molecule has 1 aliphatic rings. The van der Waals surface area contributed by atoms with E-state index in [0.29, 0.717) is 0 Å². The van der Waals surface area contributed by atoms with E-state index < -0.39 is 0 Å². The molecule has 0 bridgehead atoms. The standard InChI is InChI=1S/C11H21NO/c1-3-4-6-11(8-9-12-2)7-5-10-13-11/h3,12H,1,4-10H2,2H3. The van der Waals surface area contributed by atoms with Crippen LogP contribution in [0.25, 0.3) is 0 Å². The molecule has 0 amide bonds. The number of allylic oxidation sites excluding steroid dienone is 1. The van der Waals surface area contributed by atoms with Gasteiger partial charge in [0.15, 0.2) is 0 Å². The molecule has 1 heterocycles. The van der Waals surface area contributed by atoms with Gasteiger partial charge in [-0.2, -0.15) is 0 Å². The van der Waals surface area contributed by atoms with Crippen LogP contribution in [0.1, 0.15) is 32.1 Å². The molecule has 1 unspecified atom stereocenters. The van der Waals surface area contributed by atoms with Crippen LogP contribution in [0.3, 0.4) is 0 Å². The topological polar surface area (TPSA) is 21.3 Å². The van der Waals surface area contributed by atoms with Crippen LogP contribution in [-0.4, -0.2) is 25.8 Å². The molecule has 1 atom stereocenters. The molecule has 0 aromatic heterocycles. The maximum Gasteiger partial charge on any atom is 0.0698 e. The smallest absolute Gasteiger partial charge is 0.0698 e. The molecule has 0 spiro atoms. The van der Waals surface area contributed by atoms with Gasteiger partial charge in [-0.05, 0) is 45.7 Å². The molecule has 1 fully saturated rings. The molecule has 1 rings (SSSR count). The second-order valence-electron chi connectivity index (χ2n) is 3.82. The summed E-state index contributed by atoms with van der Waals surface area (Å²) in [6, 6.07) is 0. The normalized spacial score (nSPS) is 27.8. The Morgan fingerprint density at radius 3 is 2.92 bits per heavy atom. The fraction of sp³-hybridized carbons (Fsp3) is 0.818. The van der Waals surface area contributed by atoms with E-state index in [1.807, 2.05) is 13.1 Å². The quantitative estimate of drug-likeness (QED) is 0.637. The Balaban J connectivity index is 2.37. The minimum absolute atomic E-state index is 0.164. The average molecular weight is 183 g/mol. The third-order valence-corrected chi connectivity index (χ3v) is 2.82. The molecular formula is C11H21NO. The Morgan fingerprint density at radius 2 is 2.38 bits per heavy atom. The summed E-state index contributed by atoms with van der Waals surface area (Å²) in [5.41, 5.74) is 0.164. The van der Waals surface area contributed by atoms with Crippen molar-refractivity contribution in [3.8, 4) is 0 Å². The number of hydrogen-bond donors (Lipinski definition) is 1. The highest BCUT2D eigenvalue weighted by Gasteiger charge is 2.33. The zero-order chi connectivity index (χ0) is 9.57. The minimum atomic E-state index is 0.164. The summed E-state index contributed by atoms with van der Waals surface area (Å²) in [5, 5.41) is 3.19. The first-order valence-electron chi connectivity index (χ1n) is 5.22. The first-order chi connectivity index (χ1) is 6.33. The van der Waals surface area contributed by atoms with Crippen molar-refractivity contribution < 1.29 is 4.74 Å². The predicted molar refractivity (Wildman–Crippen MR) is 55.9 cm³/mol. The van der Waals surface area contributed by atoms with Gasteiger partial charge in [-0.15, -0.1) is 6.58 Å². The van der Waals surface area contributed by atoms with Gasteiger partial charge >= 0.3 is 0 Å². The van der Waals surface area contributed by atoms with Gasteiger partial charge in [0.2, 0.25) is 0 Å². The Morgan fingerprint density at radius 1 is 1.54 bits per heavy atom. The third-order valence-electron chi connectivity index (χ3n) is 2.82. The number of ether oxygens (including phenoxy) is 1. The Hall–Kier alpha value is -0.340. The summed E-state index contributed by atoms with van der Waals surface area (Å²) in [6.45, 7) is 5.76. The zero-order valence-corrected chi connectivity index (χ0v) is 8.64. The fourth-order valence-corrected chi connectivity index (χ4v) is 1.99. The molecular weight excluding hydrogens is 162 g/mol. The average Bonchev–Trinajstić information content (AvgIpc) is 2.61. The summed E-state index contributed by atoms with van der Waals surface area (Å²) < 4.78 is 5.86. The van der Waals surface area contributed by atoms with Gasteiger partial charge in [0, 0.05) is 6.61 Å². The number of hydrogen-bond acceptors (Lipinski definition) is 2. The molecule has 0 saturated carbocycles. The molecule has 1 N–H and O–H groups in total. The van der Waals surface area contributed by atoms with Gasteiger partial charge in [0.05, 0.1) is 5.60 Å². The van der Waals surface area contributed by atoms with Crippen molar-refractivity contribution in [2.24, 2.45) is 0 Å². The molecule has 0 aromatic rings. The Labute approximate surface area is 81.4 Å². The van der Waals surface area contributed by atoms with E-state index in [1.165, 1.54) is 12.8 Å². The molecule has 13 heavy (non-hydrogen) atoms. The second kappa shape index (κ2) is 5.40. The number of rotatable bonds is 6. The molecule has 2 nitrogen and oxygen atoms in total. The van der Waals surface area contributed by atoms with E-state index in [0.717, 1.165) is 32.4 Å². The van der Waals surface area contributed by atoms with Gasteiger partial charge in [-0.25, -0.2) is 0 Å². The number of nitrogens with one attached hydrogen (secondary N) is 1. The highest BCUT2D eigenvalue weighted by molar-refractivity contribution is 4.87. The van der Waals surface area contributed by atoms with E-state index >= 15 is 0 Å². The summed E-state index contributed by atoms with van der Waals surface area (Å²) >= 11 is 0. The first-order valence-corrected chi connectivity index (χ1v) is 5.22. The van der Waals surface area contributed by atoms with E-state index in [2.05, 4.69) is 11.9 Å². The van der Waals surface area contributed by atoms with Crippen molar-refractivity contribution in [3.63, 3.8) is 0 Å². The molecule has 0 aliphatic carbocycles. The summed E-state index contributed by atoms with van der Waals surface area (Å²) in [5.74, 6) is 0. The van der Waals surface area contributed by atoms with Crippen molar-refractivity contribution >= 4 is 0 Å². The van der Waals surface area contributed by atoms with Crippen molar-refractivity contribution in [3.05, 3.63) is 12.7 Å². The summed E-state index contributed by atoms with van der Waals surface area (Å²) in [6.07, 6.45) is 7.78. The fourth-order valence-electron chi connectivity index (χ4n) is 1.99. The van der Waals surface area contributed by atoms with Crippen LogP contribution in [-0.2, 0) is 4.74 Å². The molecule has 0 radical (unpaired) electrons. The maximum atomic E-state index is 5.86. The molecule has 2 heteroatoms. The van der Waals surface area contributed by atoms with Gasteiger partial charge in [0.1, 0.15) is 0 Å². The summed E-state index contributed by atoms with van der Waals surface area (Å²) in [7, 11) is 2.00. The highest BCUT2D eigenvalue weighted by atomic mass is 16.5. The minimum Gasteiger partial charge on any atom is -0.375 e. The van der Waals surface area contributed by atoms with Gasteiger partial charge in [0.25, 0.3) is 0 Å². The monoisotopic (exact) mass is 183 g/mol. The van der Waals surface area contributed by atoms with Crippen molar-refractivity contribution in [1.29, 1.82) is 0 Å². The summed E-state index contributed by atoms with van der Waals surface area (Å²) in [4.78, 5) is 0. The van der Waals surface area contributed by atoms with Crippen LogP contribution < -0.4 is 5.32 Å². The van der Waals surface area contributed by atoms with Gasteiger partial charge in [-0.1, -0.05) is 6.08 Å². The van der Waals surface area contributed by atoms with Crippen LogP contribution in [0.2, 0.25) is 0 Å². The van der Waals surface area contributed by atoms with Crippen LogP contribution >= 0.6 is 0 Å². The van der Waals surface area contributed by atoms with E-state index in [9.17, 15) is 0 Å². The van der Waals surface area contributed by atoms with E-state index in [-0.39, 0.29) is 5.60 Å². The highest BCUT2D eigenvalue weighted by Crippen LogP contribution is 2.33. The lowest BCUT2D eigenvalue weighted by Gasteiger charge is -2.27. The Kier molecular flexibility index (Phi) is 4.46. The predicted octanol–water partition coefficient (Wildman–Crippen LogP) is 2.11.